The number of ether oxygens (including phenoxy) is 1. The van der Waals surface area contributed by atoms with E-state index < -0.39 is 0 Å². The Morgan fingerprint density at radius 1 is 1.47 bits per heavy atom. The van der Waals surface area contributed by atoms with Crippen LogP contribution in [0.2, 0.25) is 0 Å². The van der Waals surface area contributed by atoms with Gasteiger partial charge in [0.25, 0.3) is 0 Å². The van der Waals surface area contributed by atoms with Crippen LogP contribution >= 0.6 is 0 Å². The normalized spacial score (nSPS) is 26.9. The lowest BCUT2D eigenvalue weighted by atomic mass is 9.77. The summed E-state index contributed by atoms with van der Waals surface area (Å²) in [6, 6.07) is 0. The van der Waals surface area contributed by atoms with Crippen LogP contribution in [0.1, 0.15) is 32.1 Å². The average Bonchev–Trinajstić information content (AvgIpc) is 2.90. The van der Waals surface area contributed by atoms with E-state index in [0.29, 0.717) is 24.3 Å². The topological polar surface area (TPSA) is 55.6 Å². The van der Waals surface area contributed by atoms with Crippen molar-refractivity contribution in [1.82, 2.24) is 4.90 Å². The quantitative estimate of drug-likeness (QED) is 0.797. The second-order valence-corrected chi connectivity index (χ2v) is 5.53. The molecular formula is C13H24N2O2. The van der Waals surface area contributed by atoms with Crippen molar-refractivity contribution in [2.24, 2.45) is 17.1 Å². The Morgan fingerprint density at radius 2 is 2.18 bits per heavy atom. The number of amides is 1. The predicted octanol–water partition coefficient (Wildman–Crippen LogP) is 1.00. The van der Waals surface area contributed by atoms with Gasteiger partial charge in [0.05, 0.1) is 6.61 Å². The van der Waals surface area contributed by atoms with Crippen molar-refractivity contribution in [3.63, 3.8) is 0 Å². The third-order valence-corrected chi connectivity index (χ3v) is 4.49. The third kappa shape index (κ3) is 2.47. The number of rotatable bonds is 4. The molecule has 0 radical (unpaired) electrons. The molecule has 0 aromatic rings. The molecule has 0 aromatic heterocycles. The van der Waals surface area contributed by atoms with Gasteiger partial charge in [0.15, 0.2) is 0 Å². The van der Waals surface area contributed by atoms with Gasteiger partial charge in [-0.05, 0) is 18.3 Å². The van der Waals surface area contributed by atoms with E-state index in [-0.39, 0.29) is 5.91 Å². The minimum Gasteiger partial charge on any atom is -0.384 e. The molecule has 1 saturated carbocycles. The summed E-state index contributed by atoms with van der Waals surface area (Å²) >= 11 is 0. The number of hydrogen-bond acceptors (Lipinski definition) is 3. The number of nitrogens with zero attached hydrogens (tertiary/aromatic N) is 1. The zero-order valence-electron chi connectivity index (χ0n) is 10.8. The van der Waals surface area contributed by atoms with Crippen molar-refractivity contribution in [1.29, 1.82) is 0 Å². The largest absolute Gasteiger partial charge is 0.384 e. The van der Waals surface area contributed by atoms with Crippen LogP contribution in [0, 0.1) is 11.3 Å². The minimum atomic E-state index is 0.220. The number of carbonyl (C=O) groups excluding carboxylic acids is 1. The van der Waals surface area contributed by atoms with Crippen LogP contribution in [0.15, 0.2) is 0 Å². The number of methoxy groups -OCH3 is 1. The molecule has 1 saturated heterocycles. The van der Waals surface area contributed by atoms with Crippen molar-refractivity contribution >= 4 is 5.91 Å². The highest BCUT2D eigenvalue weighted by Gasteiger charge is 2.48. The molecule has 4 heteroatoms. The molecule has 1 atom stereocenters. The van der Waals surface area contributed by atoms with E-state index in [4.69, 9.17) is 10.5 Å². The summed E-state index contributed by atoms with van der Waals surface area (Å²) in [6.07, 6.45) is 5.61. The fraction of sp³-hybridized carbons (Fsp3) is 0.923. The van der Waals surface area contributed by atoms with Gasteiger partial charge in [0.2, 0.25) is 5.91 Å². The minimum absolute atomic E-state index is 0.220. The zero-order valence-corrected chi connectivity index (χ0v) is 10.8. The molecule has 1 amide bonds. The summed E-state index contributed by atoms with van der Waals surface area (Å²) in [5.74, 6) is 0.745. The summed E-state index contributed by atoms with van der Waals surface area (Å²) in [6.45, 7) is 3.04. The molecule has 4 nitrogen and oxygen atoms in total. The first-order valence-corrected chi connectivity index (χ1v) is 6.68. The highest BCUT2D eigenvalue weighted by Crippen LogP contribution is 2.49. The van der Waals surface area contributed by atoms with E-state index in [1.165, 1.54) is 25.7 Å². The van der Waals surface area contributed by atoms with E-state index in [9.17, 15) is 4.79 Å². The molecule has 0 aromatic carbocycles. The third-order valence-electron chi connectivity index (χ3n) is 4.49. The van der Waals surface area contributed by atoms with Crippen LogP contribution in [0.4, 0.5) is 0 Å². The lowest BCUT2D eigenvalue weighted by Crippen LogP contribution is -2.32. The highest BCUT2D eigenvalue weighted by atomic mass is 16.5. The van der Waals surface area contributed by atoms with Gasteiger partial charge in [-0.2, -0.15) is 0 Å². The Hall–Kier alpha value is -0.610. The SMILES string of the molecule is COCC1CN(C(=O)CCN)CC12CCCC2. The van der Waals surface area contributed by atoms with Gasteiger partial charge in [0.1, 0.15) is 0 Å². The molecule has 2 rings (SSSR count). The van der Waals surface area contributed by atoms with Crippen LogP contribution < -0.4 is 5.73 Å². The lowest BCUT2D eigenvalue weighted by Gasteiger charge is -2.29. The zero-order chi connectivity index (χ0) is 12.3. The first-order valence-electron chi connectivity index (χ1n) is 6.68. The maximum Gasteiger partial charge on any atom is 0.223 e. The first-order chi connectivity index (χ1) is 8.22. The number of likely N-dealkylation sites (tertiary alicyclic amines) is 1. The van der Waals surface area contributed by atoms with Crippen LogP contribution in [-0.4, -0.2) is 44.2 Å². The predicted molar refractivity (Wildman–Crippen MR) is 66.5 cm³/mol. The number of carbonyl (C=O) groups is 1. The van der Waals surface area contributed by atoms with Gasteiger partial charge >= 0.3 is 0 Å². The van der Waals surface area contributed by atoms with Crippen molar-refractivity contribution in [3.05, 3.63) is 0 Å². The monoisotopic (exact) mass is 240 g/mol. The molecule has 1 aliphatic carbocycles. The Morgan fingerprint density at radius 3 is 2.76 bits per heavy atom. The average molecular weight is 240 g/mol. The Labute approximate surface area is 103 Å². The van der Waals surface area contributed by atoms with Gasteiger partial charge in [-0.25, -0.2) is 0 Å². The standard InChI is InChI=1S/C13H24N2O2/c1-17-9-11-8-15(12(16)4-7-14)10-13(11)5-2-3-6-13/h11H,2-10,14H2,1H3. The van der Waals surface area contributed by atoms with Crippen LogP contribution in [-0.2, 0) is 9.53 Å². The summed E-state index contributed by atoms with van der Waals surface area (Å²) in [4.78, 5) is 14.0. The van der Waals surface area contributed by atoms with Gasteiger partial charge in [-0.3, -0.25) is 4.79 Å². The fourth-order valence-corrected chi connectivity index (χ4v) is 3.58. The first kappa shape index (κ1) is 12.8. The Bertz CT molecular complexity index is 275. The summed E-state index contributed by atoms with van der Waals surface area (Å²) in [7, 11) is 1.76. The summed E-state index contributed by atoms with van der Waals surface area (Å²) < 4.78 is 5.34. The number of hydrogen-bond donors (Lipinski definition) is 1. The molecule has 2 aliphatic rings. The molecule has 2 fully saturated rings. The molecule has 2 N–H and O–H groups in total. The fourth-order valence-electron chi connectivity index (χ4n) is 3.58. The summed E-state index contributed by atoms with van der Waals surface area (Å²) in [5, 5.41) is 0. The maximum absolute atomic E-state index is 11.9. The van der Waals surface area contributed by atoms with Crippen molar-refractivity contribution in [2.75, 3.05) is 33.4 Å². The molecule has 1 spiro atoms. The van der Waals surface area contributed by atoms with Gasteiger partial charge in [-0.1, -0.05) is 12.8 Å². The van der Waals surface area contributed by atoms with Crippen molar-refractivity contribution in [3.8, 4) is 0 Å². The molecule has 17 heavy (non-hydrogen) atoms. The molecule has 98 valence electrons. The van der Waals surface area contributed by atoms with E-state index in [1.807, 2.05) is 4.90 Å². The van der Waals surface area contributed by atoms with E-state index >= 15 is 0 Å². The van der Waals surface area contributed by atoms with Crippen LogP contribution in [0.3, 0.4) is 0 Å². The highest BCUT2D eigenvalue weighted by molar-refractivity contribution is 5.76. The molecule has 0 bridgehead atoms. The Kier molecular flexibility index (Phi) is 4.05. The summed E-state index contributed by atoms with van der Waals surface area (Å²) in [5.41, 5.74) is 5.81. The second kappa shape index (κ2) is 5.36. The van der Waals surface area contributed by atoms with Crippen molar-refractivity contribution < 1.29 is 9.53 Å². The van der Waals surface area contributed by atoms with E-state index in [0.717, 1.165) is 19.7 Å². The maximum atomic E-state index is 11.9. The lowest BCUT2D eigenvalue weighted by molar-refractivity contribution is -0.130. The molecule has 1 unspecified atom stereocenters. The van der Waals surface area contributed by atoms with Gasteiger partial charge < -0.3 is 15.4 Å². The van der Waals surface area contributed by atoms with Gasteiger partial charge in [0, 0.05) is 39.1 Å². The van der Waals surface area contributed by atoms with Gasteiger partial charge in [-0.15, -0.1) is 0 Å². The van der Waals surface area contributed by atoms with Crippen LogP contribution in [0.25, 0.3) is 0 Å². The number of nitrogens with two attached hydrogens (primary N) is 1. The smallest absolute Gasteiger partial charge is 0.223 e. The van der Waals surface area contributed by atoms with E-state index in [2.05, 4.69) is 0 Å². The van der Waals surface area contributed by atoms with E-state index in [1.54, 1.807) is 7.11 Å². The van der Waals surface area contributed by atoms with Crippen LogP contribution in [0.5, 0.6) is 0 Å². The molecule has 1 heterocycles. The second-order valence-electron chi connectivity index (χ2n) is 5.53. The Balaban J connectivity index is 2.03. The molecular weight excluding hydrogens is 216 g/mol. The van der Waals surface area contributed by atoms with Crippen molar-refractivity contribution in [2.45, 2.75) is 32.1 Å². The molecule has 1 aliphatic heterocycles.